The Labute approximate surface area is 205 Å². The molecule has 35 heavy (non-hydrogen) atoms. The van der Waals surface area contributed by atoms with Crippen molar-refractivity contribution in [1.82, 2.24) is 5.43 Å². The molecule has 0 aromatic heterocycles. The summed E-state index contributed by atoms with van der Waals surface area (Å²) >= 11 is 0. The second-order valence-electron chi connectivity index (χ2n) is 9.56. The van der Waals surface area contributed by atoms with Crippen molar-refractivity contribution < 1.29 is 9.59 Å². The lowest BCUT2D eigenvalue weighted by Gasteiger charge is -2.19. The van der Waals surface area contributed by atoms with Crippen molar-refractivity contribution in [3.8, 4) is 0 Å². The van der Waals surface area contributed by atoms with Gasteiger partial charge in [-0.1, -0.05) is 69.3 Å². The van der Waals surface area contributed by atoms with Crippen molar-refractivity contribution in [1.29, 1.82) is 0 Å². The average molecular weight is 464 g/mol. The molecule has 0 saturated heterocycles. The third-order valence-corrected chi connectivity index (χ3v) is 5.91. The zero-order valence-corrected chi connectivity index (χ0v) is 20.4. The van der Waals surface area contributed by atoms with E-state index in [9.17, 15) is 9.59 Å². The van der Waals surface area contributed by atoms with Gasteiger partial charge in [-0.25, -0.2) is 5.43 Å². The van der Waals surface area contributed by atoms with Gasteiger partial charge in [-0.05, 0) is 76.7 Å². The van der Waals surface area contributed by atoms with Crippen LogP contribution in [-0.2, 0) is 5.41 Å². The number of hydrazone groups is 1. The van der Waals surface area contributed by atoms with Crippen LogP contribution >= 0.6 is 0 Å². The number of benzene rings is 4. The van der Waals surface area contributed by atoms with E-state index >= 15 is 0 Å². The summed E-state index contributed by atoms with van der Waals surface area (Å²) in [6.45, 7) is 8.26. The molecule has 4 rings (SSSR count). The number of nitrogens with one attached hydrogen (secondary N) is 2. The van der Waals surface area contributed by atoms with E-state index in [1.807, 2.05) is 61.5 Å². The molecular weight excluding hydrogens is 434 g/mol. The molecule has 2 amide bonds. The van der Waals surface area contributed by atoms with E-state index in [-0.39, 0.29) is 17.2 Å². The minimum atomic E-state index is -0.319. The zero-order chi connectivity index (χ0) is 25.0. The fourth-order valence-corrected chi connectivity index (χ4v) is 3.71. The van der Waals surface area contributed by atoms with Crippen LogP contribution in [0.4, 0.5) is 5.69 Å². The maximum atomic E-state index is 12.6. The number of carbonyl (C=O) groups is 2. The summed E-state index contributed by atoms with van der Waals surface area (Å²) in [6.07, 6.45) is 0. The van der Waals surface area contributed by atoms with E-state index < -0.39 is 0 Å². The zero-order valence-electron chi connectivity index (χ0n) is 20.4. The van der Waals surface area contributed by atoms with Crippen LogP contribution in [0, 0.1) is 0 Å². The van der Waals surface area contributed by atoms with Gasteiger partial charge in [0.15, 0.2) is 0 Å². The van der Waals surface area contributed by atoms with Gasteiger partial charge in [-0.2, -0.15) is 5.10 Å². The van der Waals surface area contributed by atoms with Crippen LogP contribution in [0.5, 0.6) is 0 Å². The Morgan fingerprint density at radius 3 is 1.91 bits per heavy atom. The summed E-state index contributed by atoms with van der Waals surface area (Å²) < 4.78 is 0. The Balaban J connectivity index is 1.37. The molecule has 5 heteroatoms. The Bertz CT molecular complexity index is 1400. The fraction of sp³-hybridized carbons (Fsp3) is 0.167. The third kappa shape index (κ3) is 5.82. The molecule has 0 fully saturated rings. The Morgan fingerprint density at radius 2 is 1.26 bits per heavy atom. The van der Waals surface area contributed by atoms with Crippen molar-refractivity contribution in [2.75, 3.05) is 5.32 Å². The molecule has 0 heterocycles. The SMILES string of the molecule is CC(=NNC(=O)c1ccc(NC(=O)c2ccc(C(C)(C)C)cc2)cc1)c1ccc2ccccc2c1. The van der Waals surface area contributed by atoms with Gasteiger partial charge in [0.05, 0.1) is 5.71 Å². The summed E-state index contributed by atoms with van der Waals surface area (Å²) in [4.78, 5) is 25.1. The first-order valence-electron chi connectivity index (χ1n) is 11.6. The molecular formula is C30H29N3O2. The fourth-order valence-electron chi connectivity index (χ4n) is 3.71. The number of amides is 2. The quantitative estimate of drug-likeness (QED) is 0.260. The molecule has 0 bridgehead atoms. The van der Waals surface area contributed by atoms with Crippen LogP contribution in [-0.4, -0.2) is 17.5 Å². The maximum Gasteiger partial charge on any atom is 0.271 e. The van der Waals surface area contributed by atoms with E-state index in [1.54, 1.807) is 24.3 Å². The molecule has 0 aliphatic rings. The molecule has 0 aliphatic carbocycles. The lowest BCUT2D eigenvalue weighted by molar-refractivity contribution is 0.0954. The van der Waals surface area contributed by atoms with Crippen molar-refractivity contribution in [2.24, 2.45) is 5.10 Å². The first kappa shape index (κ1) is 23.9. The summed E-state index contributed by atoms with van der Waals surface area (Å²) in [5.74, 6) is -0.515. The molecule has 4 aromatic carbocycles. The van der Waals surface area contributed by atoms with Crippen molar-refractivity contribution >= 4 is 34.0 Å². The van der Waals surface area contributed by atoms with Crippen LogP contribution in [0.3, 0.4) is 0 Å². The monoisotopic (exact) mass is 463 g/mol. The predicted octanol–water partition coefficient (Wildman–Crippen LogP) is 6.54. The normalized spacial score (nSPS) is 11.8. The van der Waals surface area contributed by atoms with Crippen molar-refractivity contribution in [3.05, 3.63) is 113 Å². The van der Waals surface area contributed by atoms with Crippen LogP contribution in [0.15, 0.2) is 96.1 Å². The minimum Gasteiger partial charge on any atom is -0.322 e. The molecule has 2 N–H and O–H groups in total. The molecule has 0 unspecified atom stereocenters. The predicted molar refractivity (Wildman–Crippen MR) is 143 cm³/mol. The van der Waals surface area contributed by atoms with Crippen molar-refractivity contribution in [2.45, 2.75) is 33.1 Å². The van der Waals surface area contributed by atoms with Gasteiger partial charge in [0.25, 0.3) is 11.8 Å². The second-order valence-corrected chi connectivity index (χ2v) is 9.56. The standard InChI is InChI=1S/C30H29N3O2/c1-20(24-10-9-21-7-5-6-8-25(21)19-24)32-33-29(35)23-13-17-27(18-14-23)31-28(34)22-11-15-26(16-12-22)30(2,3)4/h5-19H,1-4H3,(H,31,34)(H,33,35). The van der Waals surface area contributed by atoms with E-state index in [2.05, 4.69) is 48.7 Å². The average Bonchev–Trinajstić information content (AvgIpc) is 2.86. The number of anilines is 1. The molecule has 5 nitrogen and oxygen atoms in total. The summed E-state index contributed by atoms with van der Waals surface area (Å²) in [5.41, 5.74) is 7.11. The van der Waals surface area contributed by atoms with Crippen LogP contribution in [0.25, 0.3) is 10.8 Å². The molecule has 0 spiro atoms. The molecule has 0 radical (unpaired) electrons. The summed E-state index contributed by atoms with van der Waals surface area (Å²) in [6, 6.07) is 28.5. The second kappa shape index (κ2) is 9.94. The molecule has 0 aliphatic heterocycles. The third-order valence-electron chi connectivity index (χ3n) is 5.91. The Kier molecular flexibility index (Phi) is 6.78. The van der Waals surface area contributed by atoms with Gasteiger partial charge in [0.1, 0.15) is 0 Å². The van der Waals surface area contributed by atoms with Gasteiger partial charge >= 0.3 is 0 Å². The van der Waals surface area contributed by atoms with Crippen LogP contribution < -0.4 is 10.7 Å². The lowest BCUT2D eigenvalue weighted by Crippen LogP contribution is -2.19. The highest BCUT2D eigenvalue weighted by atomic mass is 16.2. The van der Waals surface area contributed by atoms with E-state index in [0.717, 1.165) is 16.3 Å². The minimum absolute atomic E-state index is 0.0312. The molecule has 176 valence electrons. The maximum absolute atomic E-state index is 12.6. The lowest BCUT2D eigenvalue weighted by atomic mass is 9.87. The van der Waals surface area contributed by atoms with Crippen LogP contribution in [0.1, 0.15) is 59.5 Å². The van der Waals surface area contributed by atoms with Crippen molar-refractivity contribution in [3.63, 3.8) is 0 Å². The smallest absolute Gasteiger partial charge is 0.271 e. The number of nitrogens with zero attached hydrogens (tertiary/aromatic N) is 1. The Hall–Kier alpha value is -4.25. The summed E-state index contributed by atoms with van der Waals surface area (Å²) in [7, 11) is 0. The Morgan fingerprint density at radius 1 is 0.686 bits per heavy atom. The number of fused-ring (bicyclic) bond motifs is 1. The van der Waals surface area contributed by atoms with E-state index in [1.165, 1.54) is 5.56 Å². The van der Waals surface area contributed by atoms with Crippen LogP contribution in [0.2, 0.25) is 0 Å². The first-order chi connectivity index (χ1) is 16.7. The molecule has 4 aromatic rings. The highest BCUT2D eigenvalue weighted by Gasteiger charge is 2.14. The van der Waals surface area contributed by atoms with Gasteiger partial charge in [-0.15, -0.1) is 0 Å². The highest BCUT2D eigenvalue weighted by Crippen LogP contribution is 2.22. The first-order valence-corrected chi connectivity index (χ1v) is 11.6. The number of carbonyl (C=O) groups excluding carboxylic acids is 2. The number of hydrogen-bond acceptors (Lipinski definition) is 3. The number of hydrogen-bond donors (Lipinski definition) is 2. The molecule has 0 saturated carbocycles. The topological polar surface area (TPSA) is 70.6 Å². The highest BCUT2D eigenvalue weighted by molar-refractivity contribution is 6.05. The van der Waals surface area contributed by atoms with Gasteiger partial charge < -0.3 is 5.32 Å². The summed E-state index contributed by atoms with van der Waals surface area (Å²) in [5, 5.41) is 9.40. The van der Waals surface area contributed by atoms with Gasteiger partial charge in [0, 0.05) is 16.8 Å². The number of rotatable bonds is 5. The van der Waals surface area contributed by atoms with Gasteiger partial charge in [0.2, 0.25) is 0 Å². The van der Waals surface area contributed by atoms with E-state index in [0.29, 0.717) is 22.5 Å². The largest absolute Gasteiger partial charge is 0.322 e. The van der Waals surface area contributed by atoms with E-state index in [4.69, 9.17) is 0 Å². The van der Waals surface area contributed by atoms with Gasteiger partial charge in [-0.3, -0.25) is 9.59 Å². The molecule has 0 atom stereocenters.